The van der Waals surface area contributed by atoms with Crippen LogP contribution in [0.25, 0.3) is 10.9 Å². The average Bonchev–Trinajstić information content (AvgIpc) is 2.73. The topological polar surface area (TPSA) is 69.6 Å². The highest BCUT2D eigenvalue weighted by Gasteiger charge is 2.17. The number of aromatic nitrogens is 1. The van der Waals surface area contributed by atoms with Crippen LogP contribution in [0.4, 0.5) is 10.5 Å². The van der Waals surface area contributed by atoms with Gasteiger partial charge in [0, 0.05) is 29.7 Å². The molecule has 1 heterocycles. The number of amides is 2. The van der Waals surface area contributed by atoms with E-state index in [-0.39, 0.29) is 18.1 Å². The second-order valence-corrected chi connectivity index (χ2v) is 7.93. The van der Waals surface area contributed by atoms with E-state index < -0.39 is 0 Å². The first-order chi connectivity index (χ1) is 14.5. The fourth-order valence-corrected chi connectivity index (χ4v) is 3.44. The Hall–Kier alpha value is -3.12. The third-order valence-electron chi connectivity index (χ3n) is 5.17. The number of aromatic amines is 1. The van der Waals surface area contributed by atoms with E-state index in [9.17, 15) is 9.59 Å². The summed E-state index contributed by atoms with van der Waals surface area (Å²) >= 11 is 0. The van der Waals surface area contributed by atoms with Gasteiger partial charge in [0.1, 0.15) is 0 Å². The minimum atomic E-state index is -0.197. The van der Waals surface area contributed by atoms with Crippen LogP contribution in [-0.2, 0) is 13.0 Å². The third-order valence-corrected chi connectivity index (χ3v) is 5.17. The van der Waals surface area contributed by atoms with Gasteiger partial charge in [0.2, 0.25) is 0 Å². The number of aryl methyl sites for hydroxylation is 1. The smallest absolute Gasteiger partial charge is 0.322 e. The summed E-state index contributed by atoms with van der Waals surface area (Å²) in [6, 6.07) is 17.2. The summed E-state index contributed by atoms with van der Waals surface area (Å²) in [5.74, 6) is 0. The van der Waals surface area contributed by atoms with Crippen molar-refractivity contribution >= 4 is 22.6 Å². The van der Waals surface area contributed by atoms with Gasteiger partial charge in [-0.2, -0.15) is 0 Å². The Labute approximate surface area is 177 Å². The molecule has 0 bridgehead atoms. The Kier molecular flexibility index (Phi) is 7.25. The van der Waals surface area contributed by atoms with Crippen LogP contribution in [0.5, 0.6) is 0 Å². The van der Waals surface area contributed by atoms with Crippen LogP contribution in [0.2, 0.25) is 0 Å². The number of quaternary nitrogens is 1. The number of nitrogens with one attached hydrogen (secondary N) is 3. The maximum absolute atomic E-state index is 13.0. The number of carbonyl (C=O) groups excluding carboxylic acids is 1. The van der Waals surface area contributed by atoms with Gasteiger partial charge < -0.3 is 20.1 Å². The first kappa shape index (κ1) is 21.6. The molecule has 3 rings (SSSR count). The molecule has 6 heteroatoms. The molecule has 0 unspecified atom stereocenters. The quantitative estimate of drug-likeness (QED) is 0.537. The number of benzene rings is 2. The number of hydrogen-bond donors (Lipinski definition) is 3. The molecular weight excluding hydrogens is 376 g/mol. The molecule has 0 saturated carbocycles. The van der Waals surface area contributed by atoms with Gasteiger partial charge >= 0.3 is 6.03 Å². The summed E-state index contributed by atoms with van der Waals surface area (Å²) in [5.41, 5.74) is 3.22. The van der Waals surface area contributed by atoms with E-state index in [0.29, 0.717) is 12.1 Å². The summed E-state index contributed by atoms with van der Waals surface area (Å²) in [4.78, 5) is 31.6. The van der Waals surface area contributed by atoms with Gasteiger partial charge in [-0.1, -0.05) is 31.2 Å². The molecule has 30 heavy (non-hydrogen) atoms. The number of pyridine rings is 1. The van der Waals surface area contributed by atoms with Crippen LogP contribution in [0.1, 0.15) is 24.5 Å². The van der Waals surface area contributed by atoms with Crippen LogP contribution >= 0.6 is 0 Å². The number of fused-ring (bicyclic) bond motifs is 1. The largest absolute Gasteiger partial charge is 0.340 e. The number of para-hydroxylation sites is 1. The average molecular weight is 408 g/mol. The minimum Gasteiger partial charge on any atom is -0.340 e. The molecular formula is C24H31N4O2+. The van der Waals surface area contributed by atoms with Gasteiger partial charge in [0.05, 0.1) is 27.2 Å². The first-order valence-electron chi connectivity index (χ1n) is 10.5. The van der Waals surface area contributed by atoms with Gasteiger partial charge in [-0.15, -0.1) is 0 Å². The van der Waals surface area contributed by atoms with Crippen LogP contribution < -0.4 is 15.8 Å². The van der Waals surface area contributed by atoms with Gasteiger partial charge in [-0.3, -0.25) is 4.79 Å². The Bertz CT molecular complexity index is 1040. The molecule has 0 atom stereocenters. The highest BCUT2D eigenvalue weighted by Crippen LogP contribution is 2.16. The van der Waals surface area contributed by atoms with Crippen molar-refractivity contribution in [2.75, 3.05) is 32.5 Å². The van der Waals surface area contributed by atoms with E-state index in [1.807, 2.05) is 48.5 Å². The number of H-pyrrole nitrogens is 1. The molecule has 3 N–H and O–H groups in total. The fourth-order valence-electron chi connectivity index (χ4n) is 3.44. The highest BCUT2D eigenvalue weighted by molar-refractivity contribution is 5.89. The molecule has 158 valence electrons. The Balaban J connectivity index is 1.84. The van der Waals surface area contributed by atoms with E-state index in [0.717, 1.165) is 36.0 Å². The molecule has 0 fully saturated rings. The zero-order chi connectivity index (χ0) is 21.5. The molecule has 1 aromatic heterocycles. The summed E-state index contributed by atoms with van der Waals surface area (Å²) in [6.07, 6.45) is 1.79. The standard InChI is InChI=1S/C24H30N4O2/c1-4-18-11-12-22-19(15-18)16-20(23(29)26-22)17-28(14-8-13-27(2)3)24(30)25-21-9-6-5-7-10-21/h5-7,9-12,15-16H,4,8,13-14,17H2,1-3H3,(H,25,30)(H,26,29)/p+1. The lowest BCUT2D eigenvalue weighted by Crippen LogP contribution is -3.05. The summed E-state index contributed by atoms with van der Waals surface area (Å²) in [5, 5.41) is 3.93. The van der Waals surface area contributed by atoms with Crippen molar-refractivity contribution in [3.05, 3.63) is 76.1 Å². The van der Waals surface area contributed by atoms with Crippen molar-refractivity contribution in [2.24, 2.45) is 0 Å². The molecule has 0 spiro atoms. The monoisotopic (exact) mass is 407 g/mol. The second kappa shape index (κ2) is 10.1. The van der Waals surface area contributed by atoms with E-state index in [1.165, 1.54) is 10.5 Å². The summed E-state index contributed by atoms with van der Waals surface area (Å²) in [6.45, 7) is 3.90. The van der Waals surface area contributed by atoms with Crippen molar-refractivity contribution in [1.29, 1.82) is 0 Å². The molecule has 0 aliphatic heterocycles. The van der Waals surface area contributed by atoms with E-state index in [2.05, 4.69) is 37.4 Å². The van der Waals surface area contributed by atoms with Crippen molar-refractivity contribution in [3.63, 3.8) is 0 Å². The van der Waals surface area contributed by atoms with Crippen molar-refractivity contribution in [3.8, 4) is 0 Å². The van der Waals surface area contributed by atoms with Gasteiger partial charge in [0.15, 0.2) is 0 Å². The molecule has 0 radical (unpaired) electrons. The maximum atomic E-state index is 13.0. The fraction of sp³-hybridized carbons (Fsp3) is 0.333. The Morgan fingerprint density at radius 2 is 1.87 bits per heavy atom. The predicted octanol–water partition coefficient (Wildman–Crippen LogP) is 2.66. The van der Waals surface area contributed by atoms with Crippen LogP contribution in [0, 0.1) is 0 Å². The first-order valence-corrected chi connectivity index (χ1v) is 10.5. The maximum Gasteiger partial charge on any atom is 0.322 e. The van der Waals surface area contributed by atoms with E-state index >= 15 is 0 Å². The normalized spacial score (nSPS) is 11.1. The molecule has 0 aliphatic rings. The number of anilines is 1. The molecule has 0 saturated heterocycles. The number of rotatable bonds is 8. The highest BCUT2D eigenvalue weighted by atomic mass is 16.2. The van der Waals surface area contributed by atoms with Gasteiger partial charge in [-0.05, 0) is 47.7 Å². The molecule has 6 nitrogen and oxygen atoms in total. The van der Waals surface area contributed by atoms with Crippen LogP contribution in [0.3, 0.4) is 0 Å². The number of carbonyl (C=O) groups is 1. The van der Waals surface area contributed by atoms with Gasteiger partial charge in [0.25, 0.3) is 5.56 Å². The number of nitrogens with zero attached hydrogens (tertiary/aromatic N) is 1. The van der Waals surface area contributed by atoms with Gasteiger partial charge in [-0.25, -0.2) is 4.79 Å². The Morgan fingerprint density at radius 3 is 2.57 bits per heavy atom. The number of urea groups is 1. The second-order valence-electron chi connectivity index (χ2n) is 7.93. The summed E-state index contributed by atoms with van der Waals surface area (Å²) in [7, 11) is 4.18. The predicted molar refractivity (Wildman–Crippen MR) is 122 cm³/mol. The minimum absolute atomic E-state index is 0.150. The molecule has 3 aromatic rings. The lowest BCUT2D eigenvalue weighted by Gasteiger charge is -2.23. The van der Waals surface area contributed by atoms with Crippen molar-refractivity contribution in [2.45, 2.75) is 26.3 Å². The van der Waals surface area contributed by atoms with Crippen LogP contribution in [0.15, 0.2) is 59.4 Å². The lowest BCUT2D eigenvalue weighted by molar-refractivity contribution is -0.858. The molecule has 0 aliphatic carbocycles. The van der Waals surface area contributed by atoms with E-state index in [1.54, 1.807) is 4.90 Å². The lowest BCUT2D eigenvalue weighted by atomic mass is 10.1. The molecule has 2 amide bonds. The van der Waals surface area contributed by atoms with Crippen LogP contribution in [-0.4, -0.2) is 43.1 Å². The SMILES string of the molecule is CCc1ccc2[nH]c(=O)c(CN(CCC[NH+](C)C)C(=O)Nc3ccccc3)cc2c1. The zero-order valence-electron chi connectivity index (χ0n) is 18.0. The third kappa shape index (κ3) is 5.70. The van der Waals surface area contributed by atoms with Crippen molar-refractivity contribution in [1.82, 2.24) is 9.88 Å². The number of hydrogen-bond acceptors (Lipinski definition) is 2. The zero-order valence-corrected chi connectivity index (χ0v) is 18.0. The summed E-state index contributed by atoms with van der Waals surface area (Å²) < 4.78 is 0. The molecule has 2 aromatic carbocycles. The van der Waals surface area contributed by atoms with Crippen molar-refractivity contribution < 1.29 is 9.69 Å². The van der Waals surface area contributed by atoms with E-state index in [4.69, 9.17) is 0 Å². The Morgan fingerprint density at radius 1 is 1.10 bits per heavy atom.